The van der Waals surface area contributed by atoms with E-state index in [9.17, 15) is 18.0 Å². The molecule has 0 radical (unpaired) electrons. The Balaban J connectivity index is 3.18. The van der Waals surface area contributed by atoms with Crippen molar-refractivity contribution in [3.8, 4) is 5.75 Å². The van der Waals surface area contributed by atoms with E-state index in [2.05, 4.69) is 14.5 Å². The number of halogens is 3. The molecule has 1 rings (SSSR count). The zero-order valence-corrected chi connectivity index (χ0v) is 9.17. The molecular weight excluding hydrogens is 239 g/mol. The van der Waals surface area contributed by atoms with Crippen LogP contribution in [0.3, 0.4) is 0 Å². The van der Waals surface area contributed by atoms with Gasteiger partial charge in [-0.2, -0.15) is 13.2 Å². The molecule has 0 aliphatic heterocycles. The fourth-order valence-corrected chi connectivity index (χ4v) is 1.14. The van der Waals surface area contributed by atoms with Gasteiger partial charge in [0.2, 0.25) is 0 Å². The van der Waals surface area contributed by atoms with Crippen molar-refractivity contribution in [2.24, 2.45) is 0 Å². The Labute approximate surface area is 95.4 Å². The van der Waals surface area contributed by atoms with Crippen molar-refractivity contribution in [3.05, 3.63) is 23.5 Å². The highest BCUT2D eigenvalue weighted by atomic mass is 19.4. The summed E-state index contributed by atoms with van der Waals surface area (Å²) >= 11 is 0. The molecule has 0 saturated carbocycles. The van der Waals surface area contributed by atoms with Gasteiger partial charge in [-0.3, -0.25) is 0 Å². The van der Waals surface area contributed by atoms with E-state index in [0.717, 1.165) is 13.3 Å². The molecule has 0 saturated heterocycles. The number of ether oxygens (including phenoxy) is 2. The number of hydrogen-bond acceptors (Lipinski definition) is 4. The molecule has 0 bridgehead atoms. The first-order valence-electron chi connectivity index (χ1n) is 4.68. The number of carbonyl (C=O) groups excluding carboxylic acids is 1. The molecule has 0 spiro atoms. The van der Waals surface area contributed by atoms with Gasteiger partial charge in [-0.05, 0) is 13.0 Å². The molecule has 0 aliphatic carbocycles. The summed E-state index contributed by atoms with van der Waals surface area (Å²) in [7, 11) is 1.09. The summed E-state index contributed by atoms with van der Waals surface area (Å²) < 4.78 is 46.9. The first-order valence-corrected chi connectivity index (χ1v) is 4.68. The van der Waals surface area contributed by atoms with Crippen LogP contribution in [0.1, 0.15) is 23.0 Å². The zero-order valence-electron chi connectivity index (χ0n) is 9.17. The van der Waals surface area contributed by atoms with Crippen LogP contribution < -0.4 is 4.74 Å². The Morgan fingerprint density at radius 3 is 2.59 bits per heavy atom. The van der Waals surface area contributed by atoms with Gasteiger partial charge in [0.15, 0.2) is 0 Å². The Bertz CT molecular complexity index is 418. The number of methoxy groups -OCH3 is 1. The molecule has 0 amide bonds. The van der Waals surface area contributed by atoms with Crippen LogP contribution in [-0.4, -0.2) is 24.7 Å². The van der Waals surface area contributed by atoms with E-state index in [1.54, 1.807) is 6.92 Å². The highest BCUT2D eigenvalue weighted by Crippen LogP contribution is 2.35. The number of alkyl halides is 3. The smallest absolute Gasteiger partial charge is 0.420 e. The largest absolute Gasteiger partial charge is 0.495 e. The van der Waals surface area contributed by atoms with E-state index >= 15 is 0 Å². The Hall–Kier alpha value is -1.79. The number of aromatic nitrogens is 1. The third kappa shape index (κ3) is 3.08. The van der Waals surface area contributed by atoms with Crippen molar-refractivity contribution in [1.82, 2.24) is 4.98 Å². The Morgan fingerprint density at radius 2 is 2.12 bits per heavy atom. The van der Waals surface area contributed by atoms with E-state index in [-0.39, 0.29) is 6.61 Å². The summed E-state index contributed by atoms with van der Waals surface area (Å²) in [6, 6.07) is 0.608. The number of hydrogen-bond donors (Lipinski definition) is 0. The molecule has 4 nitrogen and oxygen atoms in total. The highest BCUT2D eigenvalue weighted by molar-refractivity contribution is 5.87. The second-order valence-electron chi connectivity index (χ2n) is 2.99. The summed E-state index contributed by atoms with van der Waals surface area (Å²) in [5.74, 6) is -1.34. The molecule has 1 heterocycles. The van der Waals surface area contributed by atoms with Crippen LogP contribution >= 0.6 is 0 Å². The molecule has 0 unspecified atom stereocenters. The predicted octanol–water partition coefficient (Wildman–Crippen LogP) is 2.29. The molecular formula is C10H10F3NO3. The lowest BCUT2D eigenvalue weighted by Gasteiger charge is -2.12. The van der Waals surface area contributed by atoms with Gasteiger partial charge in [0.25, 0.3) is 0 Å². The average Bonchev–Trinajstić information content (AvgIpc) is 2.27. The van der Waals surface area contributed by atoms with Gasteiger partial charge < -0.3 is 9.47 Å². The minimum absolute atomic E-state index is 0.0634. The van der Waals surface area contributed by atoms with Gasteiger partial charge in [-0.15, -0.1) is 0 Å². The second kappa shape index (κ2) is 5.03. The maximum absolute atomic E-state index is 12.6. The van der Waals surface area contributed by atoms with Gasteiger partial charge in [-0.25, -0.2) is 9.78 Å². The van der Waals surface area contributed by atoms with Crippen LogP contribution in [0.15, 0.2) is 12.3 Å². The average molecular weight is 249 g/mol. The summed E-state index contributed by atoms with van der Waals surface area (Å²) in [5, 5.41) is 0. The molecule has 0 fully saturated rings. The summed E-state index contributed by atoms with van der Waals surface area (Å²) in [6.07, 6.45) is -3.77. The summed E-state index contributed by atoms with van der Waals surface area (Å²) in [4.78, 5) is 14.8. The number of rotatable bonds is 3. The van der Waals surface area contributed by atoms with Crippen LogP contribution in [0.4, 0.5) is 13.2 Å². The molecule has 7 heteroatoms. The first-order chi connectivity index (χ1) is 7.90. The molecule has 0 atom stereocenters. The van der Waals surface area contributed by atoms with Crippen LogP contribution in [-0.2, 0) is 10.9 Å². The lowest BCUT2D eigenvalue weighted by atomic mass is 10.2. The van der Waals surface area contributed by atoms with E-state index in [1.165, 1.54) is 0 Å². The SMILES string of the molecule is CCOC(=O)c1cc(C(F)(F)F)c(OC)cn1. The topological polar surface area (TPSA) is 48.4 Å². The lowest BCUT2D eigenvalue weighted by Crippen LogP contribution is -2.13. The number of esters is 1. The van der Waals surface area contributed by atoms with Gasteiger partial charge in [-0.1, -0.05) is 0 Å². The Kier molecular flexibility index (Phi) is 3.93. The fraction of sp³-hybridized carbons (Fsp3) is 0.400. The van der Waals surface area contributed by atoms with Crippen molar-refractivity contribution >= 4 is 5.97 Å². The van der Waals surface area contributed by atoms with Gasteiger partial charge in [0.1, 0.15) is 17.0 Å². The van der Waals surface area contributed by atoms with Crippen molar-refractivity contribution in [2.75, 3.05) is 13.7 Å². The van der Waals surface area contributed by atoms with Crippen molar-refractivity contribution < 1.29 is 27.4 Å². The highest BCUT2D eigenvalue weighted by Gasteiger charge is 2.35. The Morgan fingerprint density at radius 1 is 1.47 bits per heavy atom. The number of pyridine rings is 1. The fourth-order valence-electron chi connectivity index (χ4n) is 1.14. The minimum atomic E-state index is -4.62. The zero-order chi connectivity index (χ0) is 13.1. The lowest BCUT2D eigenvalue weighted by molar-refractivity contribution is -0.138. The predicted molar refractivity (Wildman–Crippen MR) is 51.7 cm³/mol. The van der Waals surface area contributed by atoms with Crippen LogP contribution in [0.5, 0.6) is 5.75 Å². The van der Waals surface area contributed by atoms with Gasteiger partial charge in [0.05, 0.1) is 19.9 Å². The third-order valence-corrected chi connectivity index (χ3v) is 1.88. The maximum atomic E-state index is 12.6. The van der Waals surface area contributed by atoms with Crippen LogP contribution in [0.25, 0.3) is 0 Å². The van der Waals surface area contributed by atoms with Crippen LogP contribution in [0.2, 0.25) is 0 Å². The molecule has 0 N–H and O–H groups in total. The standard InChI is InChI=1S/C10H10F3NO3/c1-3-17-9(15)7-4-6(10(11,12)13)8(16-2)5-14-7/h4-5H,3H2,1-2H3. The monoisotopic (exact) mass is 249 g/mol. The third-order valence-electron chi connectivity index (χ3n) is 1.88. The van der Waals surface area contributed by atoms with E-state index in [0.29, 0.717) is 6.07 Å². The first kappa shape index (κ1) is 13.3. The van der Waals surface area contributed by atoms with Crippen molar-refractivity contribution in [3.63, 3.8) is 0 Å². The minimum Gasteiger partial charge on any atom is -0.495 e. The number of nitrogens with zero attached hydrogens (tertiary/aromatic N) is 1. The second-order valence-corrected chi connectivity index (χ2v) is 2.99. The maximum Gasteiger partial charge on any atom is 0.420 e. The summed E-state index contributed by atoms with van der Waals surface area (Å²) in [5.41, 5.74) is -1.46. The van der Waals surface area contributed by atoms with Gasteiger partial charge >= 0.3 is 12.1 Å². The normalized spacial score (nSPS) is 11.1. The van der Waals surface area contributed by atoms with E-state index < -0.39 is 29.2 Å². The van der Waals surface area contributed by atoms with Crippen molar-refractivity contribution in [2.45, 2.75) is 13.1 Å². The molecule has 0 aliphatic rings. The molecule has 0 aromatic carbocycles. The number of carbonyl (C=O) groups is 1. The van der Waals surface area contributed by atoms with Gasteiger partial charge in [0, 0.05) is 0 Å². The van der Waals surface area contributed by atoms with E-state index in [1.807, 2.05) is 0 Å². The molecule has 1 aromatic heterocycles. The molecule has 94 valence electrons. The molecule has 17 heavy (non-hydrogen) atoms. The molecule has 1 aromatic rings. The van der Waals surface area contributed by atoms with Crippen molar-refractivity contribution in [1.29, 1.82) is 0 Å². The summed E-state index contributed by atoms with van der Waals surface area (Å²) in [6.45, 7) is 1.61. The quantitative estimate of drug-likeness (QED) is 0.771. The van der Waals surface area contributed by atoms with E-state index in [4.69, 9.17) is 0 Å². The van der Waals surface area contributed by atoms with Crippen LogP contribution in [0, 0.1) is 0 Å².